The molecule has 4 rings (SSSR count). The Balaban J connectivity index is 1.82. The number of nitrogens with two attached hydrogens (primary N) is 2. The molecule has 4 nitrogen and oxygen atoms in total. The van der Waals surface area contributed by atoms with Crippen LogP contribution in [-0.2, 0) is 4.74 Å². The van der Waals surface area contributed by atoms with Gasteiger partial charge in [-0.25, -0.2) is 0 Å². The predicted molar refractivity (Wildman–Crippen MR) is 112 cm³/mol. The molecule has 2 aromatic rings. The van der Waals surface area contributed by atoms with Crippen LogP contribution in [0.3, 0.4) is 0 Å². The Hall–Kier alpha value is -3.79. The van der Waals surface area contributed by atoms with Crippen molar-refractivity contribution >= 4 is 28.4 Å². The fourth-order valence-corrected chi connectivity index (χ4v) is 2.91. The molecule has 0 aromatic heterocycles. The van der Waals surface area contributed by atoms with Crippen LogP contribution in [0.5, 0.6) is 0 Å². The molecule has 2 aliphatic rings. The van der Waals surface area contributed by atoms with Crippen molar-refractivity contribution in [3.8, 4) is 0 Å². The second-order valence-corrected chi connectivity index (χ2v) is 6.40. The normalized spacial score (nSPS) is 16.1. The van der Waals surface area contributed by atoms with Crippen molar-refractivity contribution in [1.82, 2.24) is 0 Å². The Bertz CT molecular complexity index is 1030. The molecule has 27 heavy (non-hydrogen) atoms. The lowest BCUT2D eigenvalue weighted by molar-refractivity contribution is 0.395. The molecule has 1 heterocycles. The summed E-state index contributed by atoms with van der Waals surface area (Å²) in [6, 6.07) is 15.4. The maximum atomic E-state index is 7.69. The largest absolute Gasteiger partial charge is 0.456 e. The number of benzene rings is 2. The SMILES string of the molecule is N=C1C=CC(=C2C=C(c3ccc(N)cc3)C=C(c3ccc(N)cc3)O2)C=C1. The first-order chi connectivity index (χ1) is 13.1. The minimum atomic E-state index is 0.465. The van der Waals surface area contributed by atoms with Gasteiger partial charge in [0, 0.05) is 22.5 Å². The Morgan fingerprint density at radius 3 is 1.81 bits per heavy atom. The van der Waals surface area contributed by atoms with Gasteiger partial charge in [-0.1, -0.05) is 12.1 Å². The fraction of sp³-hybridized carbons (Fsp3) is 0. The highest BCUT2D eigenvalue weighted by atomic mass is 16.5. The van der Waals surface area contributed by atoms with Crippen molar-refractivity contribution in [2.75, 3.05) is 11.5 Å². The summed E-state index contributed by atoms with van der Waals surface area (Å²) in [6.07, 6.45) is 11.3. The summed E-state index contributed by atoms with van der Waals surface area (Å²) >= 11 is 0. The van der Waals surface area contributed by atoms with E-state index in [0.717, 1.165) is 39.5 Å². The zero-order valence-electron chi connectivity index (χ0n) is 14.6. The molecule has 4 heteroatoms. The first kappa shape index (κ1) is 16.7. The maximum Gasteiger partial charge on any atom is 0.135 e. The molecular weight excluding hydrogens is 334 g/mol. The Morgan fingerprint density at radius 1 is 0.667 bits per heavy atom. The molecule has 132 valence electrons. The van der Waals surface area contributed by atoms with Crippen molar-refractivity contribution in [2.45, 2.75) is 0 Å². The van der Waals surface area contributed by atoms with E-state index in [1.807, 2.05) is 72.8 Å². The quantitative estimate of drug-likeness (QED) is 0.684. The molecule has 0 saturated heterocycles. The van der Waals surface area contributed by atoms with Crippen LogP contribution in [0.15, 0.2) is 96.3 Å². The first-order valence-corrected chi connectivity index (χ1v) is 8.60. The van der Waals surface area contributed by atoms with Gasteiger partial charge in [-0.05, 0) is 84.0 Å². The first-order valence-electron chi connectivity index (χ1n) is 8.60. The van der Waals surface area contributed by atoms with Gasteiger partial charge in [-0.2, -0.15) is 0 Å². The molecular formula is C23H19N3O. The molecule has 2 aromatic carbocycles. The smallest absolute Gasteiger partial charge is 0.135 e. The monoisotopic (exact) mass is 353 g/mol. The van der Waals surface area contributed by atoms with E-state index in [-0.39, 0.29) is 0 Å². The molecule has 0 unspecified atom stereocenters. The van der Waals surface area contributed by atoms with Crippen LogP contribution < -0.4 is 11.5 Å². The minimum absolute atomic E-state index is 0.465. The van der Waals surface area contributed by atoms with Crippen molar-refractivity contribution in [2.24, 2.45) is 0 Å². The number of ether oxygens (including phenoxy) is 1. The van der Waals surface area contributed by atoms with Crippen molar-refractivity contribution in [3.63, 3.8) is 0 Å². The van der Waals surface area contributed by atoms with E-state index in [0.29, 0.717) is 11.4 Å². The van der Waals surface area contributed by atoms with Gasteiger partial charge >= 0.3 is 0 Å². The van der Waals surface area contributed by atoms with Gasteiger partial charge in [0.05, 0.1) is 5.71 Å². The van der Waals surface area contributed by atoms with Crippen molar-refractivity contribution < 1.29 is 4.74 Å². The third-order valence-corrected chi connectivity index (χ3v) is 4.40. The number of hydrogen-bond acceptors (Lipinski definition) is 4. The van der Waals surface area contributed by atoms with Crippen molar-refractivity contribution in [3.05, 3.63) is 107 Å². The van der Waals surface area contributed by atoms with Crippen LogP contribution in [-0.4, -0.2) is 5.71 Å². The topological polar surface area (TPSA) is 85.1 Å². The van der Waals surface area contributed by atoms with Gasteiger partial charge in [-0.3, -0.25) is 0 Å². The number of nitrogens with one attached hydrogen (secondary N) is 1. The summed E-state index contributed by atoms with van der Waals surface area (Å²) in [7, 11) is 0. The summed E-state index contributed by atoms with van der Waals surface area (Å²) < 4.78 is 6.19. The Morgan fingerprint density at radius 2 is 1.22 bits per heavy atom. The highest BCUT2D eigenvalue weighted by Crippen LogP contribution is 2.34. The molecule has 1 aliphatic carbocycles. The van der Waals surface area contributed by atoms with Gasteiger partial charge in [0.25, 0.3) is 0 Å². The van der Waals surface area contributed by atoms with E-state index in [1.54, 1.807) is 12.2 Å². The maximum absolute atomic E-state index is 7.69. The van der Waals surface area contributed by atoms with Crippen LogP contribution in [0.2, 0.25) is 0 Å². The summed E-state index contributed by atoms with van der Waals surface area (Å²) in [6.45, 7) is 0. The van der Waals surface area contributed by atoms with Gasteiger partial charge in [0.2, 0.25) is 0 Å². The predicted octanol–water partition coefficient (Wildman–Crippen LogP) is 4.71. The molecule has 0 amide bonds. The molecule has 5 N–H and O–H groups in total. The molecule has 0 saturated carbocycles. The molecule has 0 spiro atoms. The average Bonchev–Trinajstić information content (AvgIpc) is 2.69. The second-order valence-electron chi connectivity index (χ2n) is 6.40. The summed E-state index contributed by atoms with van der Waals surface area (Å²) in [4.78, 5) is 0. The van der Waals surface area contributed by atoms with Crippen LogP contribution >= 0.6 is 0 Å². The van der Waals surface area contributed by atoms with E-state index in [4.69, 9.17) is 21.6 Å². The highest BCUT2D eigenvalue weighted by molar-refractivity contribution is 6.03. The van der Waals surface area contributed by atoms with E-state index in [9.17, 15) is 0 Å². The molecule has 0 radical (unpaired) electrons. The van der Waals surface area contributed by atoms with Crippen molar-refractivity contribution in [1.29, 1.82) is 5.41 Å². The van der Waals surface area contributed by atoms with Gasteiger partial charge in [0.15, 0.2) is 0 Å². The lowest BCUT2D eigenvalue weighted by Crippen LogP contribution is -2.03. The standard InChI is InChI=1S/C23H19N3O/c24-19-7-1-15(2-8-19)18-13-22(16-3-9-20(25)10-4-16)27-23(14-18)17-5-11-21(26)12-6-17/h1-14,25H,24,26H2. The van der Waals surface area contributed by atoms with Crippen LogP contribution in [0, 0.1) is 5.41 Å². The third kappa shape index (κ3) is 3.60. The minimum Gasteiger partial charge on any atom is -0.456 e. The van der Waals surface area contributed by atoms with Crippen LogP contribution in [0.1, 0.15) is 11.1 Å². The fourth-order valence-electron chi connectivity index (χ4n) is 2.91. The molecule has 0 fully saturated rings. The average molecular weight is 353 g/mol. The van der Waals surface area contributed by atoms with Gasteiger partial charge in [-0.15, -0.1) is 0 Å². The summed E-state index contributed by atoms with van der Waals surface area (Å²) in [5, 5.41) is 7.69. The highest BCUT2D eigenvalue weighted by Gasteiger charge is 2.17. The third-order valence-electron chi connectivity index (χ3n) is 4.40. The lowest BCUT2D eigenvalue weighted by atomic mass is 9.98. The number of nitrogen functional groups attached to an aromatic ring is 2. The number of rotatable bonds is 2. The number of anilines is 2. The summed E-state index contributed by atoms with van der Waals surface area (Å²) in [5.74, 6) is 1.48. The van der Waals surface area contributed by atoms with Gasteiger partial charge < -0.3 is 21.6 Å². The molecule has 0 atom stereocenters. The molecule has 0 bridgehead atoms. The lowest BCUT2D eigenvalue weighted by Gasteiger charge is -2.20. The zero-order valence-corrected chi connectivity index (χ0v) is 14.6. The van der Waals surface area contributed by atoms with Crippen LogP contribution in [0.4, 0.5) is 11.4 Å². The summed E-state index contributed by atoms with van der Waals surface area (Å²) in [5.41, 5.74) is 17.5. The Kier molecular flexibility index (Phi) is 4.22. The zero-order chi connectivity index (χ0) is 18.8. The number of hydrogen-bond donors (Lipinski definition) is 3. The van der Waals surface area contributed by atoms with Crippen LogP contribution in [0.25, 0.3) is 11.3 Å². The Labute approximate surface area is 158 Å². The van der Waals surface area contributed by atoms with Gasteiger partial charge in [0.1, 0.15) is 11.5 Å². The number of allylic oxidation sites excluding steroid dienone is 8. The van der Waals surface area contributed by atoms with E-state index in [2.05, 4.69) is 0 Å². The van der Waals surface area contributed by atoms with E-state index < -0.39 is 0 Å². The molecule has 1 aliphatic heterocycles. The van der Waals surface area contributed by atoms with E-state index in [1.165, 1.54) is 0 Å². The second kappa shape index (κ2) is 6.84. The van der Waals surface area contributed by atoms with E-state index >= 15 is 0 Å².